The summed E-state index contributed by atoms with van der Waals surface area (Å²) in [4.78, 5) is 11.2. The molecule has 5 heteroatoms. The Hall–Kier alpha value is -1.65. The van der Waals surface area contributed by atoms with E-state index in [1.807, 2.05) is 0 Å². The van der Waals surface area contributed by atoms with Crippen LogP contribution in [0, 0.1) is 6.33 Å². The zero-order chi connectivity index (χ0) is 6.81. The lowest BCUT2D eigenvalue weighted by molar-refractivity contribution is 0.994. The minimum atomic E-state index is 0.519. The van der Waals surface area contributed by atoms with Gasteiger partial charge in [-0.05, 0) is 0 Å². The highest BCUT2D eigenvalue weighted by molar-refractivity contribution is 5.65. The second kappa shape index (κ2) is 1.94. The molecule has 2 aromatic heterocycles. The van der Waals surface area contributed by atoms with Gasteiger partial charge in [0.1, 0.15) is 11.8 Å². The monoisotopic (exact) mass is 132 g/mol. The first-order valence-electron chi connectivity index (χ1n) is 2.63. The number of fused-ring (bicyclic) bond motifs is 1. The molecule has 0 fully saturated rings. The van der Waals surface area contributed by atoms with Crippen molar-refractivity contribution in [3.8, 4) is 0 Å². The van der Waals surface area contributed by atoms with Crippen molar-refractivity contribution in [3.05, 3.63) is 18.9 Å². The van der Waals surface area contributed by atoms with Crippen molar-refractivity contribution in [2.24, 2.45) is 0 Å². The molecule has 0 saturated heterocycles. The van der Waals surface area contributed by atoms with Gasteiger partial charge in [-0.2, -0.15) is 0 Å². The lowest BCUT2D eigenvalue weighted by Gasteiger charge is -1.87. The Bertz CT molecular complexity index is 281. The van der Waals surface area contributed by atoms with Gasteiger partial charge >= 0.3 is 0 Å². The van der Waals surface area contributed by atoms with E-state index in [0.717, 1.165) is 0 Å². The molecule has 5 nitrogen and oxygen atoms in total. The second-order valence-electron chi connectivity index (χ2n) is 1.64. The normalized spacial score (nSPS) is 10.0. The molecule has 0 aliphatic heterocycles. The molecule has 1 radical (unpaired) electrons. The van der Waals surface area contributed by atoms with E-state index in [9.17, 15) is 0 Å². The van der Waals surface area contributed by atoms with Gasteiger partial charge in [0.15, 0.2) is 12.0 Å². The average molecular weight is 132 g/mol. The fourth-order valence-electron chi connectivity index (χ4n) is 0.615. The predicted octanol–water partition coefficient (Wildman–Crippen LogP) is -0.385. The van der Waals surface area contributed by atoms with Crippen molar-refractivity contribution in [1.82, 2.24) is 25.1 Å². The molecule has 0 aliphatic carbocycles. The summed E-state index contributed by atoms with van der Waals surface area (Å²) in [5.74, 6) is 0. The molecule has 0 aromatic carbocycles. The third-order valence-corrected chi connectivity index (χ3v) is 1.03. The molecule has 0 atom stereocenters. The summed E-state index contributed by atoms with van der Waals surface area (Å²) >= 11 is 0. The molecular weight excluding hydrogens is 130 g/mol. The second-order valence-corrected chi connectivity index (χ2v) is 1.64. The highest BCUT2D eigenvalue weighted by Gasteiger charge is 1.92. The first-order chi connectivity index (χ1) is 4.97. The van der Waals surface area contributed by atoms with Gasteiger partial charge in [0.25, 0.3) is 0 Å². The van der Waals surface area contributed by atoms with Crippen LogP contribution in [0.25, 0.3) is 11.2 Å². The molecule has 0 unspecified atom stereocenters. The predicted molar refractivity (Wildman–Crippen MR) is 31.8 cm³/mol. The van der Waals surface area contributed by atoms with Crippen LogP contribution >= 0.6 is 0 Å². The number of hydrogen-bond donors (Lipinski definition) is 0. The summed E-state index contributed by atoms with van der Waals surface area (Å²) in [6.07, 6.45) is 5.26. The molecule has 10 heavy (non-hydrogen) atoms. The summed E-state index contributed by atoms with van der Waals surface area (Å²) in [6, 6.07) is 0. The fraction of sp³-hybridized carbons (Fsp3) is 0. The number of rotatable bonds is 0. The highest BCUT2D eigenvalue weighted by atomic mass is 15.1. The number of aromatic nitrogens is 5. The summed E-state index contributed by atoms with van der Waals surface area (Å²) in [5.41, 5.74) is 1.10. The number of nitrogens with zero attached hydrogens (tertiary/aromatic N) is 5. The van der Waals surface area contributed by atoms with Crippen molar-refractivity contribution in [1.29, 1.82) is 0 Å². The van der Waals surface area contributed by atoms with Crippen molar-refractivity contribution < 1.29 is 0 Å². The van der Waals surface area contributed by atoms with Gasteiger partial charge in [-0.25, -0.2) is 15.0 Å². The van der Waals surface area contributed by atoms with Crippen LogP contribution in [-0.2, 0) is 0 Å². The van der Waals surface area contributed by atoms with Crippen LogP contribution in [0.4, 0.5) is 0 Å². The van der Waals surface area contributed by atoms with E-state index in [0.29, 0.717) is 11.2 Å². The first-order valence-corrected chi connectivity index (χ1v) is 2.63. The van der Waals surface area contributed by atoms with Gasteiger partial charge in [0.2, 0.25) is 0 Å². The third-order valence-electron chi connectivity index (χ3n) is 1.03. The van der Waals surface area contributed by atoms with E-state index in [2.05, 4.69) is 31.5 Å². The van der Waals surface area contributed by atoms with E-state index >= 15 is 0 Å². The fourth-order valence-corrected chi connectivity index (χ4v) is 0.615. The highest BCUT2D eigenvalue weighted by Crippen LogP contribution is 1.96. The molecule has 2 heterocycles. The summed E-state index contributed by atoms with van der Waals surface area (Å²) in [5, 5.41) is 7.28. The topological polar surface area (TPSA) is 64.5 Å². The van der Waals surface area contributed by atoms with Crippen molar-refractivity contribution in [3.63, 3.8) is 0 Å². The van der Waals surface area contributed by atoms with E-state index in [1.54, 1.807) is 0 Å². The lowest BCUT2D eigenvalue weighted by Crippen LogP contribution is -1.89. The maximum atomic E-state index is 3.83. The molecule has 2 aromatic rings. The van der Waals surface area contributed by atoms with Crippen LogP contribution in [0.15, 0.2) is 12.5 Å². The zero-order valence-electron chi connectivity index (χ0n) is 4.89. The van der Waals surface area contributed by atoms with E-state index < -0.39 is 0 Å². The van der Waals surface area contributed by atoms with E-state index in [4.69, 9.17) is 0 Å². The van der Waals surface area contributed by atoms with Crippen LogP contribution in [0.1, 0.15) is 0 Å². The van der Waals surface area contributed by atoms with Crippen molar-refractivity contribution >= 4 is 11.2 Å². The molecule has 0 aliphatic rings. The largest absolute Gasteiger partial charge is 0.231 e. The average Bonchev–Trinajstić information content (AvgIpc) is 2.05. The van der Waals surface area contributed by atoms with E-state index in [-0.39, 0.29) is 0 Å². The molecule has 0 N–H and O–H groups in total. The smallest absolute Gasteiger partial charge is 0.199 e. The maximum Gasteiger partial charge on any atom is 0.199 e. The van der Waals surface area contributed by atoms with Gasteiger partial charge in [0.05, 0.1) is 6.20 Å². The van der Waals surface area contributed by atoms with E-state index in [1.165, 1.54) is 12.5 Å². The van der Waals surface area contributed by atoms with Crippen molar-refractivity contribution in [2.75, 3.05) is 0 Å². The maximum absolute atomic E-state index is 3.83. The minimum Gasteiger partial charge on any atom is -0.231 e. The first kappa shape index (κ1) is 5.16. The van der Waals surface area contributed by atoms with Gasteiger partial charge in [0, 0.05) is 0 Å². The summed E-state index contributed by atoms with van der Waals surface area (Å²) in [7, 11) is 0. The SMILES string of the molecule is [c]1ncc2nncnc2n1. The molecule has 0 amide bonds. The lowest BCUT2D eigenvalue weighted by atomic mass is 10.6. The summed E-state index contributed by atoms with van der Waals surface area (Å²) < 4.78 is 0. The van der Waals surface area contributed by atoms with Gasteiger partial charge < -0.3 is 0 Å². The minimum absolute atomic E-state index is 0.519. The van der Waals surface area contributed by atoms with Crippen LogP contribution in [-0.4, -0.2) is 25.1 Å². The third kappa shape index (κ3) is 0.680. The zero-order valence-corrected chi connectivity index (χ0v) is 4.89. The molecule has 47 valence electrons. The Kier molecular flexibility index (Phi) is 1.00. The molecular formula is C5H2N5. The van der Waals surface area contributed by atoms with Gasteiger partial charge in [-0.1, -0.05) is 0 Å². The Morgan fingerprint density at radius 1 is 1.40 bits per heavy atom. The summed E-state index contributed by atoms with van der Waals surface area (Å²) in [6.45, 7) is 0. The Morgan fingerprint density at radius 2 is 2.40 bits per heavy atom. The Morgan fingerprint density at radius 3 is 3.30 bits per heavy atom. The van der Waals surface area contributed by atoms with Crippen LogP contribution in [0.5, 0.6) is 0 Å². The quantitative estimate of drug-likeness (QED) is 0.488. The molecule has 0 bridgehead atoms. The molecule has 2 rings (SSSR count). The van der Waals surface area contributed by atoms with Crippen molar-refractivity contribution in [2.45, 2.75) is 0 Å². The van der Waals surface area contributed by atoms with Crippen LogP contribution in [0.2, 0.25) is 0 Å². The van der Waals surface area contributed by atoms with Gasteiger partial charge in [-0.3, -0.25) is 0 Å². The molecule has 0 saturated carbocycles. The molecule has 0 spiro atoms. The van der Waals surface area contributed by atoms with Crippen LogP contribution in [0.3, 0.4) is 0 Å². The number of hydrogen-bond acceptors (Lipinski definition) is 5. The Labute approximate surface area is 56.2 Å². The van der Waals surface area contributed by atoms with Crippen LogP contribution < -0.4 is 0 Å². The Balaban J connectivity index is 2.89. The van der Waals surface area contributed by atoms with Gasteiger partial charge in [-0.15, -0.1) is 10.2 Å². The standard InChI is InChI=1S/C5H2N5/c1-4-5(7-2-6-1)8-3-9-10-4/h1,3H.